The first-order chi connectivity index (χ1) is 16.0. The minimum absolute atomic E-state index is 0.342. The van der Waals surface area contributed by atoms with E-state index in [1.807, 2.05) is 73.7 Å². The van der Waals surface area contributed by atoms with Crippen molar-refractivity contribution in [3.63, 3.8) is 0 Å². The number of amides is 1. The number of nitrogens with one attached hydrogen (secondary N) is 1. The summed E-state index contributed by atoms with van der Waals surface area (Å²) in [6.45, 7) is 1.94. The highest BCUT2D eigenvalue weighted by Crippen LogP contribution is 2.31. The van der Waals surface area contributed by atoms with E-state index >= 15 is 0 Å². The zero-order chi connectivity index (χ0) is 23.2. The number of carbonyl (C=O) groups excluding carboxylic acids is 2. The molecule has 6 heteroatoms. The van der Waals surface area contributed by atoms with Crippen LogP contribution in [0.3, 0.4) is 0 Å². The number of nitrogens with zero attached hydrogens (tertiary/aromatic N) is 1. The Hall–Kier alpha value is -3.70. The van der Waals surface area contributed by atoms with Crippen molar-refractivity contribution in [2.24, 2.45) is 0 Å². The number of benzene rings is 3. The summed E-state index contributed by atoms with van der Waals surface area (Å²) in [7, 11) is 0. The summed E-state index contributed by atoms with van der Waals surface area (Å²) in [5.74, 6) is -0.905. The van der Waals surface area contributed by atoms with Crippen LogP contribution in [-0.2, 0) is 16.0 Å². The molecule has 0 fully saturated rings. The van der Waals surface area contributed by atoms with Gasteiger partial charge in [-0.3, -0.25) is 4.79 Å². The first-order valence-electron chi connectivity index (χ1n) is 10.7. The van der Waals surface area contributed by atoms with Crippen LogP contribution in [0.25, 0.3) is 22.2 Å². The quantitative estimate of drug-likeness (QED) is 0.377. The molecule has 1 heterocycles. The summed E-state index contributed by atoms with van der Waals surface area (Å²) in [4.78, 5) is 30.0. The lowest BCUT2D eigenvalue weighted by atomic mass is 9.98. The highest BCUT2D eigenvalue weighted by Gasteiger charge is 2.21. The van der Waals surface area contributed by atoms with Crippen molar-refractivity contribution >= 4 is 34.4 Å². The second kappa shape index (κ2) is 10.3. The van der Waals surface area contributed by atoms with Crippen molar-refractivity contribution in [1.82, 2.24) is 10.3 Å². The van der Waals surface area contributed by atoms with E-state index in [4.69, 9.17) is 21.3 Å². The number of ether oxygens (including phenoxy) is 1. The maximum Gasteiger partial charge on any atom is 0.339 e. The molecule has 1 N–H and O–H groups in total. The van der Waals surface area contributed by atoms with Gasteiger partial charge in [0.15, 0.2) is 6.61 Å². The van der Waals surface area contributed by atoms with Gasteiger partial charge >= 0.3 is 5.97 Å². The Labute approximate surface area is 197 Å². The van der Waals surface area contributed by atoms with Gasteiger partial charge in [0.05, 0.1) is 16.8 Å². The molecule has 0 aliphatic carbocycles. The van der Waals surface area contributed by atoms with Crippen molar-refractivity contribution in [2.75, 3.05) is 13.2 Å². The van der Waals surface area contributed by atoms with E-state index in [0.29, 0.717) is 45.7 Å². The Morgan fingerprint density at radius 1 is 0.970 bits per heavy atom. The fraction of sp³-hybridized carbons (Fsp3) is 0.148. The summed E-state index contributed by atoms with van der Waals surface area (Å²) >= 11 is 6.17. The van der Waals surface area contributed by atoms with Gasteiger partial charge in [-0.2, -0.15) is 0 Å². The first-order valence-corrected chi connectivity index (χ1v) is 11.0. The molecule has 3 aromatic carbocycles. The van der Waals surface area contributed by atoms with Crippen LogP contribution >= 0.6 is 11.6 Å². The molecule has 33 heavy (non-hydrogen) atoms. The van der Waals surface area contributed by atoms with Gasteiger partial charge in [-0.1, -0.05) is 72.3 Å². The molecule has 0 saturated heterocycles. The molecule has 0 radical (unpaired) electrons. The van der Waals surface area contributed by atoms with Gasteiger partial charge in [0, 0.05) is 22.5 Å². The fourth-order valence-corrected chi connectivity index (χ4v) is 3.92. The monoisotopic (exact) mass is 458 g/mol. The average Bonchev–Trinajstić information content (AvgIpc) is 2.83. The Bertz CT molecular complexity index is 1310. The largest absolute Gasteiger partial charge is 0.452 e. The number of halogens is 1. The standard InChI is InChI=1S/C27H23ClN2O3/c1-18-25(27(32)33-17-24(31)29-15-14-19-8-3-2-4-9-19)22-12-5-6-13-23(22)30-26(18)20-10-7-11-21(28)16-20/h2-13,16H,14-15,17H2,1H3,(H,29,31). The van der Waals surface area contributed by atoms with E-state index in [1.54, 1.807) is 12.1 Å². The molecule has 0 unspecified atom stereocenters. The van der Waals surface area contributed by atoms with Crippen LogP contribution in [0, 0.1) is 6.92 Å². The van der Waals surface area contributed by atoms with Crippen LogP contribution in [0.2, 0.25) is 5.02 Å². The summed E-state index contributed by atoms with van der Waals surface area (Å²) in [6.07, 6.45) is 0.706. The number of esters is 1. The molecule has 0 atom stereocenters. The van der Waals surface area contributed by atoms with Gasteiger partial charge in [-0.05, 0) is 42.7 Å². The van der Waals surface area contributed by atoms with Crippen molar-refractivity contribution in [3.8, 4) is 11.3 Å². The number of pyridine rings is 1. The number of hydrogen-bond acceptors (Lipinski definition) is 4. The van der Waals surface area contributed by atoms with Crippen LogP contribution in [0.4, 0.5) is 0 Å². The van der Waals surface area contributed by atoms with Crippen LogP contribution < -0.4 is 5.32 Å². The van der Waals surface area contributed by atoms with Crippen molar-refractivity contribution in [2.45, 2.75) is 13.3 Å². The van der Waals surface area contributed by atoms with Gasteiger partial charge in [0.1, 0.15) is 0 Å². The Morgan fingerprint density at radius 2 is 1.73 bits per heavy atom. The van der Waals surface area contributed by atoms with E-state index in [2.05, 4.69) is 5.32 Å². The number of carbonyl (C=O) groups is 2. The average molecular weight is 459 g/mol. The minimum Gasteiger partial charge on any atom is -0.452 e. The van der Waals surface area contributed by atoms with Gasteiger partial charge in [0.25, 0.3) is 5.91 Å². The molecule has 0 aliphatic rings. The van der Waals surface area contributed by atoms with Gasteiger partial charge in [-0.15, -0.1) is 0 Å². The number of rotatable bonds is 7. The predicted octanol–water partition coefficient (Wildman–Crippen LogP) is 5.38. The lowest BCUT2D eigenvalue weighted by molar-refractivity contribution is -0.124. The molecule has 5 nitrogen and oxygen atoms in total. The Kier molecular flexibility index (Phi) is 7.01. The van der Waals surface area contributed by atoms with E-state index in [0.717, 1.165) is 11.1 Å². The fourth-order valence-electron chi connectivity index (χ4n) is 3.73. The van der Waals surface area contributed by atoms with Gasteiger partial charge < -0.3 is 10.1 Å². The highest BCUT2D eigenvalue weighted by molar-refractivity contribution is 6.30. The molecule has 4 rings (SSSR count). The molecule has 0 bridgehead atoms. The maximum absolute atomic E-state index is 13.1. The molecule has 0 saturated carbocycles. The lowest BCUT2D eigenvalue weighted by Gasteiger charge is -2.14. The zero-order valence-corrected chi connectivity index (χ0v) is 18.9. The maximum atomic E-state index is 13.1. The Morgan fingerprint density at radius 3 is 2.52 bits per heavy atom. The first kappa shape index (κ1) is 22.5. The van der Waals surface area contributed by atoms with E-state index in [1.165, 1.54) is 0 Å². The summed E-state index contributed by atoms with van der Waals surface area (Å²) < 4.78 is 5.39. The third-order valence-corrected chi connectivity index (χ3v) is 5.59. The highest BCUT2D eigenvalue weighted by atomic mass is 35.5. The lowest BCUT2D eigenvalue weighted by Crippen LogP contribution is -2.30. The summed E-state index contributed by atoms with van der Waals surface area (Å²) in [5, 5.41) is 4.05. The number of fused-ring (bicyclic) bond motifs is 1. The van der Waals surface area contributed by atoms with Crippen molar-refractivity contribution in [3.05, 3.63) is 101 Å². The van der Waals surface area contributed by atoms with Gasteiger partial charge in [-0.25, -0.2) is 9.78 Å². The summed E-state index contributed by atoms with van der Waals surface area (Å²) in [6, 6.07) is 24.6. The van der Waals surface area contributed by atoms with Crippen LogP contribution in [0.5, 0.6) is 0 Å². The van der Waals surface area contributed by atoms with Gasteiger partial charge in [0.2, 0.25) is 0 Å². The van der Waals surface area contributed by atoms with E-state index < -0.39 is 5.97 Å². The predicted molar refractivity (Wildman–Crippen MR) is 130 cm³/mol. The Balaban J connectivity index is 1.51. The summed E-state index contributed by atoms with van der Waals surface area (Å²) in [5.41, 5.74) is 4.31. The number of aromatic nitrogens is 1. The van der Waals surface area contributed by atoms with Crippen LogP contribution in [-0.4, -0.2) is 30.0 Å². The number of hydrogen-bond donors (Lipinski definition) is 1. The molecule has 1 aromatic heterocycles. The minimum atomic E-state index is -0.562. The molecule has 4 aromatic rings. The van der Waals surface area contributed by atoms with E-state index in [9.17, 15) is 9.59 Å². The smallest absolute Gasteiger partial charge is 0.339 e. The molecule has 1 amide bonds. The van der Waals surface area contributed by atoms with E-state index in [-0.39, 0.29) is 12.5 Å². The van der Waals surface area contributed by atoms with Crippen molar-refractivity contribution in [1.29, 1.82) is 0 Å². The molecule has 0 spiro atoms. The van der Waals surface area contributed by atoms with Crippen LogP contribution in [0.15, 0.2) is 78.9 Å². The molecule has 166 valence electrons. The topological polar surface area (TPSA) is 68.3 Å². The molecular weight excluding hydrogens is 436 g/mol. The molecular formula is C27H23ClN2O3. The molecule has 0 aliphatic heterocycles. The van der Waals surface area contributed by atoms with Crippen molar-refractivity contribution < 1.29 is 14.3 Å². The second-order valence-electron chi connectivity index (χ2n) is 7.65. The normalized spacial score (nSPS) is 10.7. The third-order valence-electron chi connectivity index (χ3n) is 5.35. The zero-order valence-electron chi connectivity index (χ0n) is 18.2. The third kappa shape index (κ3) is 5.38. The number of para-hydroxylation sites is 1. The SMILES string of the molecule is Cc1c(-c2cccc(Cl)c2)nc2ccccc2c1C(=O)OCC(=O)NCCc1ccccc1. The van der Waals surface area contributed by atoms with Crippen LogP contribution in [0.1, 0.15) is 21.5 Å². The second-order valence-corrected chi connectivity index (χ2v) is 8.09.